The van der Waals surface area contributed by atoms with E-state index in [1.807, 2.05) is 0 Å². The van der Waals surface area contributed by atoms with Crippen molar-refractivity contribution in [2.24, 2.45) is 10.2 Å². The van der Waals surface area contributed by atoms with Crippen molar-refractivity contribution in [3.05, 3.63) is 72.3 Å². The predicted octanol–water partition coefficient (Wildman–Crippen LogP) is 3.60. The number of nitrogens with one attached hydrogen (secondary N) is 1. The zero-order valence-electron chi connectivity index (χ0n) is 19.6. The van der Waals surface area contributed by atoms with Gasteiger partial charge in [0.05, 0.1) is 17.9 Å². The third-order valence-corrected chi connectivity index (χ3v) is 4.71. The number of rotatable bonds is 14. The van der Waals surface area contributed by atoms with Crippen molar-refractivity contribution in [2.45, 2.75) is 18.9 Å². The lowest BCUT2D eigenvalue weighted by Crippen LogP contribution is -2.36. The third kappa shape index (κ3) is 10.8. The second-order valence-electron chi connectivity index (χ2n) is 7.14. The van der Waals surface area contributed by atoms with Crippen molar-refractivity contribution in [1.82, 2.24) is 0 Å². The van der Waals surface area contributed by atoms with E-state index in [9.17, 15) is 24.0 Å². The number of esters is 3. The molecular formula is C25H24ClN3O8. The summed E-state index contributed by atoms with van der Waals surface area (Å²) in [5, 5.41) is 10.5. The molecule has 1 atom stereocenters. The topological polar surface area (TPSA) is 150 Å². The Labute approximate surface area is 217 Å². The lowest BCUT2D eigenvalue weighted by molar-refractivity contribution is -0.154. The molecule has 2 aromatic rings. The second-order valence-corrected chi connectivity index (χ2v) is 7.55. The van der Waals surface area contributed by atoms with E-state index in [2.05, 4.69) is 26.9 Å². The van der Waals surface area contributed by atoms with Gasteiger partial charge in [0, 0.05) is 11.8 Å². The van der Waals surface area contributed by atoms with Crippen LogP contribution in [0.2, 0.25) is 5.02 Å². The van der Waals surface area contributed by atoms with Crippen molar-refractivity contribution < 1.29 is 38.2 Å². The van der Waals surface area contributed by atoms with Crippen LogP contribution in [0.4, 0.5) is 11.4 Å². The van der Waals surface area contributed by atoms with Gasteiger partial charge in [-0.25, -0.2) is 4.79 Å². The summed E-state index contributed by atoms with van der Waals surface area (Å²) in [6.07, 6.45) is 0.264. The number of carbonyl (C=O) groups excluding carboxylic acids is 5. The number of para-hydroxylation sites is 1. The molecule has 1 unspecified atom stereocenters. The van der Waals surface area contributed by atoms with Gasteiger partial charge in [-0.05, 0) is 24.3 Å². The van der Waals surface area contributed by atoms with Crippen molar-refractivity contribution in [2.75, 3.05) is 25.1 Å². The Morgan fingerprint density at radius 3 is 2.19 bits per heavy atom. The Morgan fingerprint density at radius 1 is 0.892 bits per heavy atom. The fourth-order valence-corrected chi connectivity index (χ4v) is 2.76. The summed E-state index contributed by atoms with van der Waals surface area (Å²) >= 11 is 6.05. The molecule has 11 nitrogen and oxygen atoms in total. The fraction of sp³-hybridized carbons (Fsp3) is 0.240. The van der Waals surface area contributed by atoms with Crippen LogP contribution in [0.5, 0.6) is 0 Å². The Balaban J connectivity index is 1.91. The number of nitrogens with zero attached hydrogens (tertiary/aromatic N) is 2. The van der Waals surface area contributed by atoms with E-state index in [-0.39, 0.29) is 36.8 Å². The first-order chi connectivity index (χ1) is 17.8. The van der Waals surface area contributed by atoms with Crippen LogP contribution < -0.4 is 5.32 Å². The van der Waals surface area contributed by atoms with E-state index < -0.39 is 42.2 Å². The number of hydrogen-bond acceptors (Lipinski definition) is 10. The number of halogens is 1. The third-order valence-electron chi connectivity index (χ3n) is 4.39. The minimum Gasteiger partial charge on any atom is -0.462 e. The summed E-state index contributed by atoms with van der Waals surface area (Å²) < 4.78 is 14.4. The number of benzene rings is 2. The van der Waals surface area contributed by atoms with Crippen LogP contribution in [-0.4, -0.2) is 55.5 Å². The molecule has 0 saturated heterocycles. The molecule has 12 heteroatoms. The number of Topliss-reactive ketones (excluding diaryl/α,β-unsaturated/α-hetero) is 1. The van der Waals surface area contributed by atoms with Gasteiger partial charge in [0.2, 0.25) is 11.8 Å². The standard InChI is InChI=1S/C25H24ClN3O8/c1-2-21(31)35-14-15-36-22(32)12-13-23(33)37-16-20(30)24(25(34)27-17-8-4-3-5-9-17)29-28-19-11-7-6-10-18(19)26/h2-11,24H,1,12-16H2,(H,27,34). The van der Waals surface area contributed by atoms with Gasteiger partial charge >= 0.3 is 17.9 Å². The van der Waals surface area contributed by atoms with Gasteiger partial charge in [-0.15, -0.1) is 0 Å². The number of ketones is 1. The molecule has 0 aromatic heterocycles. The first kappa shape index (κ1) is 28.9. The van der Waals surface area contributed by atoms with Crippen LogP contribution in [0.15, 0.2) is 77.5 Å². The molecule has 0 saturated carbocycles. The van der Waals surface area contributed by atoms with Crippen molar-refractivity contribution in [3.63, 3.8) is 0 Å². The van der Waals surface area contributed by atoms with E-state index in [4.69, 9.17) is 21.1 Å². The number of ether oxygens (including phenoxy) is 3. The molecule has 0 aliphatic carbocycles. The molecule has 2 aromatic carbocycles. The van der Waals surface area contributed by atoms with Gasteiger partial charge in [-0.3, -0.25) is 19.2 Å². The Hall–Kier alpha value is -4.38. The molecule has 0 fully saturated rings. The van der Waals surface area contributed by atoms with Gasteiger partial charge < -0.3 is 19.5 Å². The van der Waals surface area contributed by atoms with Gasteiger partial charge in [0.25, 0.3) is 5.91 Å². The maximum atomic E-state index is 12.7. The largest absolute Gasteiger partial charge is 0.462 e. The van der Waals surface area contributed by atoms with Gasteiger partial charge in [-0.2, -0.15) is 10.2 Å². The maximum absolute atomic E-state index is 12.7. The minimum atomic E-state index is -1.63. The van der Waals surface area contributed by atoms with E-state index in [0.717, 1.165) is 6.08 Å². The Bertz CT molecular complexity index is 1150. The average molecular weight is 530 g/mol. The smallest absolute Gasteiger partial charge is 0.330 e. The molecule has 0 spiro atoms. The van der Waals surface area contributed by atoms with Crippen molar-refractivity contribution in [1.29, 1.82) is 0 Å². The lowest BCUT2D eigenvalue weighted by Gasteiger charge is -2.12. The number of hydrogen-bond donors (Lipinski definition) is 1. The van der Waals surface area contributed by atoms with Crippen LogP contribution in [0.3, 0.4) is 0 Å². The fourth-order valence-electron chi connectivity index (χ4n) is 2.58. The van der Waals surface area contributed by atoms with E-state index in [0.29, 0.717) is 5.69 Å². The number of anilines is 1. The van der Waals surface area contributed by atoms with E-state index in [1.165, 1.54) is 0 Å². The quantitative estimate of drug-likeness (QED) is 0.0973. The highest BCUT2D eigenvalue weighted by atomic mass is 35.5. The zero-order valence-corrected chi connectivity index (χ0v) is 20.4. The molecule has 37 heavy (non-hydrogen) atoms. The highest BCUT2D eigenvalue weighted by molar-refractivity contribution is 6.32. The highest BCUT2D eigenvalue weighted by Gasteiger charge is 2.28. The molecule has 0 radical (unpaired) electrons. The molecule has 0 bridgehead atoms. The molecule has 0 heterocycles. The maximum Gasteiger partial charge on any atom is 0.330 e. The minimum absolute atomic E-state index is 0.162. The summed E-state index contributed by atoms with van der Waals surface area (Å²) in [7, 11) is 0. The number of amides is 1. The number of carbonyl (C=O) groups is 5. The molecular weight excluding hydrogens is 506 g/mol. The highest BCUT2D eigenvalue weighted by Crippen LogP contribution is 2.24. The molecule has 2 rings (SSSR count). The monoisotopic (exact) mass is 529 g/mol. The predicted molar refractivity (Wildman–Crippen MR) is 132 cm³/mol. The van der Waals surface area contributed by atoms with Gasteiger partial charge in [-0.1, -0.05) is 48.5 Å². The van der Waals surface area contributed by atoms with Crippen LogP contribution in [-0.2, 0) is 38.2 Å². The van der Waals surface area contributed by atoms with Crippen molar-refractivity contribution >= 4 is 52.6 Å². The molecule has 1 N–H and O–H groups in total. The summed E-state index contributed by atoms with van der Waals surface area (Å²) in [5.74, 6) is -3.89. The summed E-state index contributed by atoms with van der Waals surface area (Å²) in [4.78, 5) is 60.0. The summed E-state index contributed by atoms with van der Waals surface area (Å²) in [5.41, 5.74) is 0.664. The summed E-state index contributed by atoms with van der Waals surface area (Å²) in [6, 6.07) is 13.2. The molecule has 0 aliphatic heterocycles. The number of azo groups is 1. The average Bonchev–Trinajstić information content (AvgIpc) is 2.90. The normalized spacial score (nSPS) is 11.3. The van der Waals surface area contributed by atoms with Crippen molar-refractivity contribution in [3.8, 4) is 0 Å². The molecule has 0 aliphatic rings. The lowest BCUT2D eigenvalue weighted by atomic mass is 10.2. The van der Waals surface area contributed by atoms with E-state index >= 15 is 0 Å². The summed E-state index contributed by atoms with van der Waals surface area (Å²) in [6.45, 7) is 2.09. The molecule has 1 amide bonds. The Morgan fingerprint density at radius 2 is 1.51 bits per heavy atom. The van der Waals surface area contributed by atoms with Gasteiger partial charge in [0.15, 0.2) is 6.61 Å². The second kappa shape index (κ2) is 15.6. The zero-order chi connectivity index (χ0) is 27.0. The SMILES string of the molecule is C=CC(=O)OCCOC(=O)CCC(=O)OCC(=O)C(N=Nc1ccccc1Cl)C(=O)Nc1ccccc1. The first-order valence-corrected chi connectivity index (χ1v) is 11.3. The van der Waals surface area contributed by atoms with Gasteiger partial charge in [0.1, 0.15) is 18.9 Å². The van der Waals surface area contributed by atoms with Crippen LogP contribution in [0.25, 0.3) is 0 Å². The van der Waals surface area contributed by atoms with E-state index in [1.54, 1.807) is 54.6 Å². The van der Waals surface area contributed by atoms with Crippen LogP contribution in [0, 0.1) is 0 Å². The Kier molecular flexibility index (Phi) is 12.2. The molecule has 194 valence electrons. The van der Waals surface area contributed by atoms with Crippen LogP contribution >= 0.6 is 11.6 Å². The van der Waals surface area contributed by atoms with Crippen LogP contribution in [0.1, 0.15) is 12.8 Å². The first-order valence-electron chi connectivity index (χ1n) is 10.9.